The van der Waals surface area contributed by atoms with Crippen molar-refractivity contribution in [2.75, 3.05) is 27.2 Å². The van der Waals surface area contributed by atoms with Crippen LogP contribution >= 0.6 is 35.6 Å². The molecule has 1 aromatic carbocycles. The van der Waals surface area contributed by atoms with Gasteiger partial charge in [-0.05, 0) is 56.5 Å². The fourth-order valence-electron chi connectivity index (χ4n) is 4.65. The number of carbonyl (C=O) groups is 1. The molecule has 26 heavy (non-hydrogen) atoms. The van der Waals surface area contributed by atoms with E-state index < -0.39 is 0 Å². The first-order valence-electron chi connectivity index (χ1n) is 9.34. The molecule has 1 aliphatic carbocycles. The predicted molar refractivity (Wildman–Crippen MR) is 112 cm³/mol. The topological polar surface area (TPSA) is 23.6 Å². The number of rotatable bonds is 4. The second kappa shape index (κ2) is 9.64. The quantitative estimate of drug-likeness (QED) is 0.691. The maximum absolute atomic E-state index is 13.1. The lowest BCUT2D eigenvalue weighted by molar-refractivity contribution is -0.138. The van der Waals surface area contributed by atoms with E-state index in [9.17, 15) is 4.79 Å². The first-order chi connectivity index (χ1) is 12.0. The molecule has 6 heteroatoms. The molecule has 1 aromatic rings. The van der Waals surface area contributed by atoms with Crippen LogP contribution in [0.25, 0.3) is 0 Å². The highest BCUT2D eigenvalue weighted by Gasteiger charge is 2.40. The van der Waals surface area contributed by atoms with Crippen molar-refractivity contribution in [3.8, 4) is 0 Å². The number of halogens is 3. The van der Waals surface area contributed by atoms with Crippen molar-refractivity contribution >= 4 is 41.5 Å². The van der Waals surface area contributed by atoms with Gasteiger partial charge in [-0.2, -0.15) is 0 Å². The van der Waals surface area contributed by atoms with Crippen LogP contribution in [0.2, 0.25) is 10.0 Å². The third-order valence-corrected chi connectivity index (χ3v) is 6.55. The predicted octanol–water partition coefficient (Wildman–Crippen LogP) is 4.93. The van der Waals surface area contributed by atoms with Crippen LogP contribution in [0.3, 0.4) is 0 Å². The summed E-state index contributed by atoms with van der Waals surface area (Å²) >= 11 is 12.1. The highest BCUT2D eigenvalue weighted by atomic mass is 35.5. The molecule has 2 aliphatic rings. The Balaban J connectivity index is 0.00000243. The average Bonchev–Trinajstić information content (AvgIpc) is 2.58. The summed E-state index contributed by atoms with van der Waals surface area (Å²) < 4.78 is 0. The van der Waals surface area contributed by atoms with E-state index >= 15 is 0 Å². The molecule has 2 fully saturated rings. The largest absolute Gasteiger partial charge is 0.338 e. The van der Waals surface area contributed by atoms with Crippen LogP contribution in [0.15, 0.2) is 18.2 Å². The number of likely N-dealkylation sites (tertiary alicyclic amines) is 1. The zero-order valence-corrected chi connectivity index (χ0v) is 17.9. The van der Waals surface area contributed by atoms with Crippen LogP contribution in [0.4, 0.5) is 0 Å². The zero-order chi connectivity index (χ0) is 18.0. The van der Waals surface area contributed by atoms with Crippen molar-refractivity contribution < 1.29 is 4.79 Å². The van der Waals surface area contributed by atoms with Gasteiger partial charge in [-0.25, -0.2) is 0 Å². The summed E-state index contributed by atoms with van der Waals surface area (Å²) in [5, 5.41) is 1.05. The second-order valence-electron chi connectivity index (χ2n) is 7.84. The van der Waals surface area contributed by atoms with Gasteiger partial charge < -0.3 is 9.80 Å². The van der Waals surface area contributed by atoms with Gasteiger partial charge in [0.2, 0.25) is 5.91 Å². The number of piperidine rings is 1. The van der Waals surface area contributed by atoms with Crippen molar-refractivity contribution in [1.29, 1.82) is 0 Å². The van der Waals surface area contributed by atoms with Gasteiger partial charge >= 0.3 is 0 Å². The van der Waals surface area contributed by atoms with E-state index in [-0.39, 0.29) is 18.3 Å². The number of amides is 1. The van der Waals surface area contributed by atoms with Gasteiger partial charge in [-0.1, -0.05) is 48.5 Å². The van der Waals surface area contributed by atoms with Crippen LogP contribution < -0.4 is 0 Å². The Bertz CT molecular complexity index is 623. The van der Waals surface area contributed by atoms with Gasteiger partial charge in [-0.15, -0.1) is 12.4 Å². The number of likely N-dealkylation sites (N-methyl/N-ethyl adjacent to an activating group) is 1. The molecular weight excluding hydrogens is 391 g/mol. The Morgan fingerprint density at radius 2 is 1.88 bits per heavy atom. The number of hydrogen-bond acceptors (Lipinski definition) is 2. The molecule has 0 spiro atoms. The van der Waals surface area contributed by atoms with Crippen molar-refractivity contribution in [3.05, 3.63) is 33.8 Å². The van der Waals surface area contributed by atoms with Gasteiger partial charge in [0.1, 0.15) is 0 Å². The Labute approximate surface area is 173 Å². The highest BCUT2D eigenvalue weighted by Crippen LogP contribution is 2.40. The van der Waals surface area contributed by atoms with E-state index in [1.807, 2.05) is 12.1 Å². The highest BCUT2D eigenvalue weighted by molar-refractivity contribution is 6.42. The van der Waals surface area contributed by atoms with E-state index in [0.717, 1.165) is 31.0 Å². The minimum Gasteiger partial charge on any atom is -0.338 e. The minimum atomic E-state index is 0. The number of nitrogens with zero attached hydrogens (tertiary/aromatic N) is 2. The third-order valence-electron chi connectivity index (χ3n) is 5.82. The smallest absolute Gasteiger partial charge is 0.227 e. The van der Waals surface area contributed by atoms with Crippen LogP contribution in [0.5, 0.6) is 0 Å². The molecule has 1 saturated heterocycles. The number of fused-ring (bicyclic) bond motifs is 1. The maximum Gasteiger partial charge on any atom is 0.227 e. The molecule has 3 nitrogen and oxygen atoms in total. The van der Waals surface area contributed by atoms with Crippen molar-refractivity contribution in [2.24, 2.45) is 11.8 Å². The Kier molecular flexibility index (Phi) is 8.08. The molecule has 146 valence electrons. The Hall–Kier alpha value is -0.480. The summed E-state index contributed by atoms with van der Waals surface area (Å²) in [4.78, 5) is 17.4. The summed E-state index contributed by atoms with van der Waals surface area (Å²) in [6.07, 6.45) is 6.82. The molecule has 1 saturated carbocycles. The SMILES string of the molecule is CN(C)CC1C2CCCCC2CCN1C(=O)Cc1ccc(Cl)c(Cl)c1.Cl. The molecule has 3 atom stereocenters. The molecule has 0 N–H and O–H groups in total. The van der Waals surface area contributed by atoms with Gasteiger partial charge in [-0.3, -0.25) is 4.79 Å². The van der Waals surface area contributed by atoms with Crippen LogP contribution in [-0.2, 0) is 11.2 Å². The van der Waals surface area contributed by atoms with Crippen molar-refractivity contribution in [2.45, 2.75) is 44.6 Å². The zero-order valence-electron chi connectivity index (χ0n) is 15.6. The Morgan fingerprint density at radius 1 is 1.15 bits per heavy atom. The molecule has 3 rings (SSSR count). The first kappa shape index (κ1) is 21.8. The fourth-order valence-corrected chi connectivity index (χ4v) is 4.97. The van der Waals surface area contributed by atoms with E-state index in [4.69, 9.17) is 23.2 Å². The van der Waals surface area contributed by atoms with Crippen LogP contribution in [-0.4, -0.2) is 48.9 Å². The minimum absolute atomic E-state index is 0. The summed E-state index contributed by atoms with van der Waals surface area (Å²) in [5.41, 5.74) is 0.939. The summed E-state index contributed by atoms with van der Waals surface area (Å²) in [7, 11) is 4.21. The molecule has 0 aromatic heterocycles. The summed E-state index contributed by atoms with van der Waals surface area (Å²) in [6, 6.07) is 5.83. The third kappa shape index (κ3) is 5.07. The van der Waals surface area contributed by atoms with E-state index in [0.29, 0.717) is 28.4 Å². The fraction of sp³-hybridized carbons (Fsp3) is 0.650. The van der Waals surface area contributed by atoms with Crippen LogP contribution in [0.1, 0.15) is 37.7 Å². The van der Waals surface area contributed by atoms with Gasteiger partial charge in [0, 0.05) is 19.1 Å². The number of benzene rings is 1. The maximum atomic E-state index is 13.1. The molecule has 1 aliphatic heterocycles. The van der Waals surface area contributed by atoms with E-state index in [2.05, 4.69) is 23.9 Å². The normalized spacial score (nSPS) is 25.6. The first-order valence-corrected chi connectivity index (χ1v) is 10.1. The standard InChI is InChI=1S/C20H28Cl2N2O.ClH/c1-23(2)13-19-16-6-4-3-5-15(16)9-10-24(19)20(25)12-14-7-8-17(21)18(22)11-14;/h7-8,11,15-16,19H,3-6,9-10,12-13H2,1-2H3;1H. The summed E-state index contributed by atoms with van der Waals surface area (Å²) in [5.74, 6) is 1.67. The van der Waals surface area contributed by atoms with E-state index in [1.54, 1.807) is 6.07 Å². The van der Waals surface area contributed by atoms with Crippen LogP contribution in [0, 0.1) is 11.8 Å². The molecule has 1 amide bonds. The number of carbonyl (C=O) groups excluding carboxylic acids is 1. The van der Waals surface area contributed by atoms with Gasteiger partial charge in [0.05, 0.1) is 16.5 Å². The lowest BCUT2D eigenvalue weighted by atomic mass is 9.70. The molecule has 0 radical (unpaired) electrons. The lowest BCUT2D eigenvalue weighted by Gasteiger charge is -2.48. The van der Waals surface area contributed by atoms with Crippen molar-refractivity contribution in [1.82, 2.24) is 9.80 Å². The Morgan fingerprint density at radius 3 is 2.58 bits per heavy atom. The molecule has 0 bridgehead atoms. The number of hydrogen-bond donors (Lipinski definition) is 0. The molecule has 1 heterocycles. The molecular formula is C20H29Cl3N2O. The lowest BCUT2D eigenvalue weighted by Crippen LogP contribution is -2.56. The second-order valence-corrected chi connectivity index (χ2v) is 8.65. The monoisotopic (exact) mass is 418 g/mol. The van der Waals surface area contributed by atoms with Crippen molar-refractivity contribution in [3.63, 3.8) is 0 Å². The summed E-state index contributed by atoms with van der Waals surface area (Å²) in [6.45, 7) is 1.84. The average molecular weight is 420 g/mol. The van der Waals surface area contributed by atoms with Gasteiger partial charge in [0.15, 0.2) is 0 Å². The van der Waals surface area contributed by atoms with Gasteiger partial charge in [0.25, 0.3) is 0 Å². The molecule has 3 unspecified atom stereocenters. The van der Waals surface area contributed by atoms with E-state index in [1.165, 1.54) is 25.7 Å².